The highest BCUT2D eigenvalue weighted by Gasteiger charge is 2.22. The van der Waals surface area contributed by atoms with E-state index >= 15 is 0 Å². The topological polar surface area (TPSA) is 71.5 Å². The van der Waals surface area contributed by atoms with Crippen LogP contribution in [0.4, 0.5) is 0 Å². The fraction of sp³-hybridized carbons (Fsp3) is 0.500. The zero-order valence-corrected chi connectivity index (χ0v) is 11.9. The highest BCUT2D eigenvalue weighted by molar-refractivity contribution is 5.94. The van der Waals surface area contributed by atoms with E-state index in [2.05, 4.69) is 10.3 Å². The number of rotatable bonds is 6. The molecule has 0 aromatic carbocycles. The Hall–Kier alpha value is -1.88. The second-order valence-electron chi connectivity index (χ2n) is 5.78. The van der Waals surface area contributed by atoms with Gasteiger partial charge in [-0.05, 0) is 31.2 Å². The van der Waals surface area contributed by atoms with Crippen molar-refractivity contribution in [1.29, 1.82) is 0 Å². The Kier molecular flexibility index (Phi) is 4.20. The molecular weight excluding hydrogens is 268 g/mol. The summed E-state index contributed by atoms with van der Waals surface area (Å²) in [6, 6.07) is 3.45. The van der Waals surface area contributed by atoms with Gasteiger partial charge in [0.2, 0.25) is 5.88 Å². The van der Waals surface area contributed by atoms with Crippen molar-refractivity contribution in [3.05, 3.63) is 36.0 Å². The summed E-state index contributed by atoms with van der Waals surface area (Å²) in [6.45, 7) is 0.839. The SMILES string of the molecule is O=C(N[C@@H]1C=C[C@H](CO)C1)c1ccc(OCC2CC2)nc1. The Bertz CT molecular complexity index is 523. The first kappa shape index (κ1) is 14.1. The molecule has 0 radical (unpaired) electrons. The largest absolute Gasteiger partial charge is 0.477 e. The van der Waals surface area contributed by atoms with Crippen LogP contribution in [0.2, 0.25) is 0 Å². The molecule has 1 amide bonds. The average molecular weight is 288 g/mol. The molecule has 1 aromatic rings. The van der Waals surface area contributed by atoms with Gasteiger partial charge in [0.1, 0.15) is 0 Å². The molecule has 112 valence electrons. The zero-order valence-electron chi connectivity index (χ0n) is 11.9. The van der Waals surface area contributed by atoms with Gasteiger partial charge in [0.05, 0.1) is 12.2 Å². The minimum atomic E-state index is -0.149. The van der Waals surface area contributed by atoms with E-state index in [9.17, 15) is 4.79 Å². The number of aromatic nitrogens is 1. The van der Waals surface area contributed by atoms with Gasteiger partial charge in [-0.25, -0.2) is 4.98 Å². The molecule has 0 spiro atoms. The lowest BCUT2D eigenvalue weighted by Crippen LogP contribution is -2.32. The summed E-state index contributed by atoms with van der Waals surface area (Å²) in [5.41, 5.74) is 0.523. The van der Waals surface area contributed by atoms with Gasteiger partial charge in [-0.2, -0.15) is 0 Å². The van der Waals surface area contributed by atoms with Gasteiger partial charge >= 0.3 is 0 Å². The Labute approximate surface area is 124 Å². The summed E-state index contributed by atoms with van der Waals surface area (Å²) in [7, 11) is 0. The number of hydrogen-bond donors (Lipinski definition) is 2. The average Bonchev–Trinajstić information content (AvgIpc) is 3.24. The van der Waals surface area contributed by atoms with Crippen LogP contribution in [0.15, 0.2) is 30.5 Å². The van der Waals surface area contributed by atoms with Crippen LogP contribution in [0.3, 0.4) is 0 Å². The normalized spacial score (nSPS) is 24.0. The third kappa shape index (κ3) is 3.82. The van der Waals surface area contributed by atoms with Crippen LogP contribution in [0, 0.1) is 11.8 Å². The van der Waals surface area contributed by atoms with E-state index in [4.69, 9.17) is 9.84 Å². The van der Waals surface area contributed by atoms with Crippen molar-refractivity contribution in [2.75, 3.05) is 13.2 Å². The Morgan fingerprint density at radius 2 is 2.24 bits per heavy atom. The summed E-state index contributed by atoms with van der Waals surface area (Å²) in [4.78, 5) is 16.3. The molecule has 1 fully saturated rings. The number of aliphatic hydroxyl groups excluding tert-OH is 1. The van der Waals surface area contributed by atoms with Crippen molar-refractivity contribution in [3.63, 3.8) is 0 Å². The molecule has 0 aliphatic heterocycles. The first-order chi connectivity index (χ1) is 10.2. The summed E-state index contributed by atoms with van der Waals surface area (Å²) in [6.07, 6.45) is 8.64. The number of carbonyl (C=O) groups excluding carboxylic acids is 1. The molecule has 0 unspecified atom stereocenters. The lowest BCUT2D eigenvalue weighted by Gasteiger charge is -2.12. The van der Waals surface area contributed by atoms with E-state index in [0.717, 1.165) is 6.42 Å². The van der Waals surface area contributed by atoms with E-state index in [1.807, 2.05) is 12.2 Å². The lowest BCUT2D eigenvalue weighted by molar-refractivity contribution is 0.0940. The van der Waals surface area contributed by atoms with Crippen LogP contribution >= 0.6 is 0 Å². The minimum Gasteiger partial charge on any atom is -0.477 e. The highest BCUT2D eigenvalue weighted by atomic mass is 16.5. The van der Waals surface area contributed by atoms with E-state index in [-0.39, 0.29) is 24.5 Å². The molecule has 1 heterocycles. The van der Waals surface area contributed by atoms with Crippen LogP contribution in [0.1, 0.15) is 29.6 Å². The number of amides is 1. The molecular formula is C16H20N2O3. The van der Waals surface area contributed by atoms with Crippen molar-refractivity contribution >= 4 is 5.91 Å². The third-order valence-corrected chi connectivity index (χ3v) is 3.89. The van der Waals surface area contributed by atoms with E-state index < -0.39 is 0 Å². The molecule has 2 atom stereocenters. The van der Waals surface area contributed by atoms with Crippen LogP contribution in [0.25, 0.3) is 0 Å². The van der Waals surface area contributed by atoms with Gasteiger partial charge in [-0.15, -0.1) is 0 Å². The Balaban J connectivity index is 1.51. The minimum absolute atomic E-state index is 0.0135. The van der Waals surface area contributed by atoms with Gasteiger partial charge < -0.3 is 15.2 Å². The van der Waals surface area contributed by atoms with E-state index in [0.29, 0.717) is 24.0 Å². The molecule has 21 heavy (non-hydrogen) atoms. The van der Waals surface area contributed by atoms with Crippen molar-refractivity contribution in [3.8, 4) is 5.88 Å². The number of pyridine rings is 1. The molecule has 5 heteroatoms. The Morgan fingerprint density at radius 3 is 2.86 bits per heavy atom. The van der Waals surface area contributed by atoms with E-state index in [1.165, 1.54) is 12.8 Å². The fourth-order valence-corrected chi connectivity index (χ4v) is 2.36. The lowest BCUT2D eigenvalue weighted by atomic mass is 10.1. The van der Waals surface area contributed by atoms with Crippen molar-refractivity contribution in [1.82, 2.24) is 10.3 Å². The van der Waals surface area contributed by atoms with Crippen LogP contribution in [-0.4, -0.2) is 35.3 Å². The van der Waals surface area contributed by atoms with Gasteiger partial charge in [-0.1, -0.05) is 12.2 Å². The number of carbonyl (C=O) groups is 1. The van der Waals surface area contributed by atoms with E-state index in [1.54, 1.807) is 18.3 Å². The van der Waals surface area contributed by atoms with Gasteiger partial charge in [0, 0.05) is 30.8 Å². The maximum Gasteiger partial charge on any atom is 0.253 e. The van der Waals surface area contributed by atoms with Gasteiger partial charge in [0.15, 0.2) is 0 Å². The standard InChI is InChI=1S/C16H20N2O3/c19-9-12-3-5-14(7-12)18-16(20)13-4-6-15(17-8-13)21-10-11-1-2-11/h3-6,8,11-12,14,19H,1-2,7,9-10H2,(H,18,20)/t12-,14+/m0/s1. The molecule has 2 aliphatic carbocycles. The predicted octanol–water partition coefficient (Wildman–Crippen LogP) is 1.54. The molecule has 0 bridgehead atoms. The molecule has 1 aromatic heterocycles. The molecule has 3 rings (SSSR count). The maximum atomic E-state index is 12.1. The molecule has 5 nitrogen and oxygen atoms in total. The van der Waals surface area contributed by atoms with Crippen molar-refractivity contribution in [2.24, 2.45) is 11.8 Å². The second kappa shape index (κ2) is 6.26. The first-order valence-electron chi connectivity index (χ1n) is 7.43. The highest BCUT2D eigenvalue weighted by Crippen LogP contribution is 2.29. The summed E-state index contributed by atoms with van der Waals surface area (Å²) >= 11 is 0. The van der Waals surface area contributed by atoms with Crippen molar-refractivity contribution < 1.29 is 14.6 Å². The quantitative estimate of drug-likeness (QED) is 0.779. The molecule has 2 aliphatic rings. The zero-order chi connectivity index (χ0) is 14.7. The number of ether oxygens (including phenoxy) is 1. The van der Waals surface area contributed by atoms with Crippen molar-refractivity contribution in [2.45, 2.75) is 25.3 Å². The fourth-order valence-electron chi connectivity index (χ4n) is 2.36. The number of nitrogens with one attached hydrogen (secondary N) is 1. The molecule has 1 saturated carbocycles. The number of aliphatic hydroxyl groups is 1. The second-order valence-corrected chi connectivity index (χ2v) is 5.78. The van der Waals surface area contributed by atoms with Crippen LogP contribution in [-0.2, 0) is 0 Å². The van der Waals surface area contributed by atoms with Crippen LogP contribution in [0.5, 0.6) is 5.88 Å². The van der Waals surface area contributed by atoms with Gasteiger partial charge in [0.25, 0.3) is 5.91 Å². The third-order valence-electron chi connectivity index (χ3n) is 3.89. The molecule has 2 N–H and O–H groups in total. The first-order valence-corrected chi connectivity index (χ1v) is 7.43. The summed E-state index contributed by atoms with van der Waals surface area (Å²) < 4.78 is 5.54. The monoisotopic (exact) mass is 288 g/mol. The maximum absolute atomic E-state index is 12.1. The number of hydrogen-bond acceptors (Lipinski definition) is 4. The smallest absolute Gasteiger partial charge is 0.253 e. The number of nitrogens with zero attached hydrogens (tertiary/aromatic N) is 1. The van der Waals surface area contributed by atoms with Gasteiger partial charge in [-0.3, -0.25) is 4.79 Å². The predicted molar refractivity (Wildman–Crippen MR) is 78.0 cm³/mol. The van der Waals surface area contributed by atoms with Crippen LogP contribution < -0.4 is 10.1 Å². The summed E-state index contributed by atoms with van der Waals surface area (Å²) in [5, 5.41) is 12.0. The Morgan fingerprint density at radius 1 is 1.38 bits per heavy atom. The molecule has 0 saturated heterocycles. The summed E-state index contributed by atoms with van der Waals surface area (Å²) in [5.74, 6) is 1.25.